The van der Waals surface area contributed by atoms with Gasteiger partial charge in [0.05, 0.1) is 7.11 Å². The highest BCUT2D eigenvalue weighted by atomic mass is 16.6. The number of amides is 1. The first-order chi connectivity index (χ1) is 14.1. The molecule has 0 N–H and O–H groups in total. The van der Waals surface area contributed by atoms with Crippen LogP contribution in [0.4, 0.5) is 0 Å². The van der Waals surface area contributed by atoms with Gasteiger partial charge in [-0.15, -0.1) is 0 Å². The topological polar surface area (TPSA) is 65.1 Å². The largest absolute Gasteiger partial charge is 0.493 e. The Morgan fingerprint density at radius 2 is 1.90 bits per heavy atom. The summed E-state index contributed by atoms with van der Waals surface area (Å²) in [5, 5.41) is 0. The number of hydrogen-bond donors (Lipinski definition) is 0. The maximum atomic E-state index is 12.6. The average Bonchev–Trinajstić information content (AvgIpc) is 2.76. The minimum atomic E-state index is -0.560. The minimum Gasteiger partial charge on any atom is -0.493 e. The van der Waals surface area contributed by atoms with Crippen molar-refractivity contribution in [3.8, 4) is 11.5 Å². The molecule has 2 fully saturated rings. The lowest BCUT2D eigenvalue weighted by Gasteiger charge is -2.44. The van der Waals surface area contributed by atoms with Gasteiger partial charge in [-0.25, -0.2) is 4.79 Å². The Bertz CT molecular complexity index is 743. The van der Waals surface area contributed by atoms with Crippen molar-refractivity contribution >= 4 is 18.0 Å². The van der Waals surface area contributed by atoms with E-state index in [0.717, 1.165) is 24.9 Å². The summed E-state index contributed by atoms with van der Waals surface area (Å²) in [7, 11) is 1.55. The second kappa shape index (κ2) is 10.3. The zero-order valence-electron chi connectivity index (χ0n) is 17.4. The van der Waals surface area contributed by atoms with Crippen LogP contribution >= 0.6 is 0 Å². The number of hydrogen-bond acceptors (Lipinski definition) is 5. The lowest BCUT2D eigenvalue weighted by Crippen LogP contribution is -2.51. The molecule has 0 aromatic heterocycles. The van der Waals surface area contributed by atoms with Crippen molar-refractivity contribution in [1.29, 1.82) is 0 Å². The summed E-state index contributed by atoms with van der Waals surface area (Å²) in [5.74, 6) is 0.961. The lowest BCUT2D eigenvalue weighted by atomic mass is 9.78. The smallest absolute Gasteiger partial charge is 0.344 e. The van der Waals surface area contributed by atoms with E-state index < -0.39 is 5.97 Å². The molecular formula is C23H31NO5. The molecule has 1 saturated heterocycles. The number of ether oxygens (including phenoxy) is 3. The van der Waals surface area contributed by atoms with Gasteiger partial charge >= 0.3 is 5.97 Å². The van der Waals surface area contributed by atoms with Gasteiger partial charge in [-0.2, -0.15) is 0 Å². The van der Waals surface area contributed by atoms with E-state index in [0.29, 0.717) is 23.5 Å². The molecule has 1 saturated carbocycles. The summed E-state index contributed by atoms with van der Waals surface area (Å²) >= 11 is 0. The van der Waals surface area contributed by atoms with Crippen molar-refractivity contribution in [1.82, 2.24) is 4.90 Å². The molecule has 2 aliphatic rings. The fourth-order valence-corrected chi connectivity index (χ4v) is 4.44. The van der Waals surface area contributed by atoms with Crippen molar-refractivity contribution < 1.29 is 23.8 Å². The van der Waals surface area contributed by atoms with E-state index in [1.165, 1.54) is 25.7 Å². The van der Waals surface area contributed by atoms with Gasteiger partial charge in [0, 0.05) is 12.6 Å². The minimum absolute atomic E-state index is 0.0942. The van der Waals surface area contributed by atoms with E-state index in [4.69, 9.17) is 14.2 Å². The van der Waals surface area contributed by atoms with Crippen LogP contribution in [0.5, 0.6) is 11.5 Å². The molecule has 1 heterocycles. The third-order valence-electron chi connectivity index (χ3n) is 5.81. The lowest BCUT2D eigenvalue weighted by molar-refractivity contribution is -0.156. The van der Waals surface area contributed by atoms with Crippen molar-refractivity contribution in [2.24, 2.45) is 5.92 Å². The molecule has 1 aliphatic heterocycles. The van der Waals surface area contributed by atoms with Gasteiger partial charge in [0.1, 0.15) is 0 Å². The number of carbonyl (C=O) groups excluding carboxylic acids is 2. The van der Waals surface area contributed by atoms with Crippen molar-refractivity contribution in [3.63, 3.8) is 0 Å². The van der Waals surface area contributed by atoms with Gasteiger partial charge in [0.15, 0.2) is 24.7 Å². The highest BCUT2D eigenvalue weighted by Crippen LogP contribution is 2.35. The Labute approximate surface area is 172 Å². The van der Waals surface area contributed by atoms with Crippen LogP contribution in [0.3, 0.4) is 0 Å². The first kappa shape index (κ1) is 21.2. The summed E-state index contributed by atoms with van der Waals surface area (Å²) in [6.07, 6.45) is 10.8. The Balaban J connectivity index is 1.48. The zero-order chi connectivity index (χ0) is 20.6. The van der Waals surface area contributed by atoms with Crippen molar-refractivity contribution in [3.05, 3.63) is 29.8 Å². The number of benzene rings is 1. The monoisotopic (exact) mass is 401 g/mol. The third kappa shape index (κ3) is 5.52. The van der Waals surface area contributed by atoms with E-state index in [1.807, 2.05) is 36.1 Å². The van der Waals surface area contributed by atoms with Crippen LogP contribution in [0.2, 0.25) is 0 Å². The highest BCUT2D eigenvalue weighted by molar-refractivity contribution is 5.81. The molecular weight excluding hydrogens is 370 g/mol. The first-order valence-corrected chi connectivity index (χ1v) is 10.5. The molecule has 0 radical (unpaired) electrons. The molecule has 6 nitrogen and oxygen atoms in total. The van der Waals surface area contributed by atoms with Crippen LogP contribution in [0.1, 0.15) is 51.0 Å². The van der Waals surface area contributed by atoms with Crippen LogP contribution in [-0.4, -0.2) is 49.7 Å². The second-order valence-corrected chi connectivity index (χ2v) is 7.70. The van der Waals surface area contributed by atoms with Crippen LogP contribution < -0.4 is 9.47 Å². The summed E-state index contributed by atoms with van der Waals surface area (Å²) in [6, 6.07) is 5.79. The van der Waals surface area contributed by atoms with Crippen LogP contribution in [0.15, 0.2) is 24.3 Å². The van der Waals surface area contributed by atoms with E-state index >= 15 is 0 Å². The molecule has 1 aliphatic carbocycles. The van der Waals surface area contributed by atoms with Crippen molar-refractivity contribution in [2.75, 3.05) is 26.9 Å². The number of methoxy groups -OCH3 is 1. The zero-order valence-corrected chi connectivity index (χ0v) is 17.4. The van der Waals surface area contributed by atoms with E-state index in [1.54, 1.807) is 13.2 Å². The van der Waals surface area contributed by atoms with Crippen LogP contribution in [0, 0.1) is 5.92 Å². The first-order valence-electron chi connectivity index (χ1n) is 10.5. The molecule has 1 aromatic rings. The van der Waals surface area contributed by atoms with Gasteiger partial charge in [-0.3, -0.25) is 4.79 Å². The molecule has 1 amide bonds. The molecule has 158 valence electrons. The summed E-state index contributed by atoms with van der Waals surface area (Å²) in [4.78, 5) is 26.6. The molecule has 0 spiro atoms. The van der Waals surface area contributed by atoms with Crippen molar-refractivity contribution in [2.45, 2.75) is 51.5 Å². The number of nitrogens with zero attached hydrogens (tertiary/aromatic N) is 1. The van der Waals surface area contributed by atoms with E-state index in [-0.39, 0.29) is 19.1 Å². The summed E-state index contributed by atoms with van der Waals surface area (Å²) < 4.78 is 16.0. The van der Waals surface area contributed by atoms with Crippen LogP contribution in [-0.2, 0) is 14.3 Å². The molecule has 0 unspecified atom stereocenters. The Morgan fingerprint density at radius 1 is 1.10 bits per heavy atom. The highest BCUT2D eigenvalue weighted by Gasteiger charge is 2.35. The molecule has 0 bridgehead atoms. The Hall–Kier alpha value is -2.50. The predicted octanol–water partition coefficient (Wildman–Crippen LogP) is 3.83. The normalized spacial score (nSPS) is 21.5. The second-order valence-electron chi connectivity index (χ2n) is 7.70. The van der Waals surface area contributed by atoms with Gasteiger partial charge in [0.25, 0.3) is 5.91 Å². The maximum absolute atomic E-state index is 12.6. The van der Waals surface area contributed by atoms with E-state index in [2.05, 4.69) is 0 Å². The standard InChI is InChI=1S/C23H31NO5/c1-3-7-17-11-12-20(21(14-17)27-2)28-16-23(26)29-15-22(25)24-13-6-9-18-8-4-5-10-19(18)24/h3,7,11-12,14,18-19H,4-6,8-10,13,15-16H2,1-2H3/b7-3+/t18-,19-/m0/s1. The molecule has 6 heteroatoms. The maximum Gasteiger partial charge on any atom is 0.344 e. The predicted molar refractivity (Wildman–Crippen MR) is 111 cm³/mol. The van der Waals surface area contributed by atoms with E-state index in [9.17, 15) is 9.59 Å². The number of allylic oxidation sites excluding steroid dienone is 1. The number of likely N-dealkylation sites (tertiary alicyclic amines) is 1. The van der Waals surface area contributed by atoms with Gasteiger partial charge in [-0.05, 0) is 56.2 Å². The summed E-state index contributed by atoms with van der Waals surface area (Å²) in [6.45, 7) is 2.22. The molecule has 3 rings (SSSR count). The number of piperidine rings is 1. The number of carbonyl (C=O) groups is 2. The van der Waals surface area contributed by atoms with Crippen LogP contribution in [0.25, 0.3) is 6.08 Å². The Kier molecular flexibility index (Phi) is 7.55. The fraction of sp³-hybridized carbons (Fsp3) is 0.565. The van der Waals surface area contributed by atoms with Gasteiger partial charge in [0.2, 0.25) is 0 Å². The number of esters is 1. The molecule has 29 heavy (non-hydrogen) atoms. The SMILES string of the molecule is C/C=C/c1ccc(OCC(=O)OCC(=O)N2CCC[C@@H]3CCCC[C@@H]32)c(OC)c1. The third-order valence-corrected chi connectivity index (χ3v) is 5.81. The average molecular weight is 402 g/mol. The van der Waals surface area contributed by atoms with Gasteiger partial charge in [-0.1, -0.05) is 31.1 Å². The molecule has 2 atom stereocenters. The quantitative estimate of drug-likeness (QED) is 0.650. The number of rotatable bonds is 7. The molecule has 1 aromatic carbocycles. The fourth-order valence-electron chi connectivity index (χ4n) is 4.44. The summed E-state index contributed by atoms with van der Waals surface area (Å²) in [5.41, 5.74) is 0.979. The number of fused-ring (bicyclic) bond motifs is 1. The Morgan fingerprint density at radius 3 is 2.69 bits per heavy atom. The van der Waals surface area contributed by atoms with Gasteiger partial charge < -0.3 is 19.1 Å².